The van der Waals surface area contributed by atoms with E-state index in [0.717, 1.165) is 28.6 Å². The summed E-state index contributed by atoms with van der Waals surface area (Å²) in [4.78, 5) is 4.24. The van der Waals surface area contributed by atoms with Gasteiger partial charge in [0.15, 0.2) is 5.96 Å². The Kier molecular flexibility index (Phi) is 12.3. The van der Waals surface area contributed by atoms with Gasteiger partial charge in [-0.1, -0.05) is 30.3 Å². The van der Waals surface area contributed by atoms with Crippen molar-refractivity contribution in [2.45, 2.75) is 13.5 Å². The van der Waals surface area contributed by atoms with Crippen LogP contribution in [0.25, 0.3) is 0 Å². The lowest BCUT2D eigenvalue weighted by Gasteiger charge is -2.15. The molecule has 0 heterocycles. The van der Waals surface area contributed by atoms with Crippen LogP contribution in [-0.2, 0) is 16.0 Å². The van der Waals surface area contributed by atoms with E-state index in [2.05, 4.69) is 34.7 Å². The number of benzene rings is 2. The Morgan fingerprint density at radius 1 is 1.00 bits per heavy atom. The highest BCUT2D eigenvalue weighted by atomic mass is 127. The SMILES string of the molecule is CN=C(NCCOCCOC)NCc1ccc(C)cc1Oc1ccccc1.I. The van der Waals surface area contributed by atoms with Crippen molar-refractivity contribution in [3.63, 3.8) is 0 Å². The van der Waals surface area contributed by atoms with E-state index in [1.54, 1.807) is 14.2 Å². The molecule has 0 fully saturated rings. The molecule has 2 N–H and O–H groups in total. The van der Waals surface area contributed by atoms with Crippen LogP contribution >= 0.6 is 24.0 Å². The van der Waals surface area contributed by atoms with Gasteiger partial charge in [-0.2, -0.15) is 0 Å². The minimum atomic E-state index is 0. The summed E-state index contributed by atoms with van der Waals surface area (Å²) < 4.78 is 16.4. The number of ether oxygens (including phenoxy) is 3. The predicted octanol–water partition coefficient (Wildman–Crippen LogP) is 3.73. The summed E-state index contributed by atoms with van der Waals surface area (Å²) in [6.45, 7) is 5.12. The number of para-hydroxylation sites is 1. The topological polar surface area (TPSA) is 64.1 Å². The zero-order valence-electron chi connectivity index (χ0n) is 16.7. The van der Waals surface area contributed by atoms with Crippen LogP contribution in [0.1, 0.15) is 11.1 Å². The third-order valence-corrected chi connectivity index (χ3v) is 3.83. The zero-order valence-corrected chi connectivity index (χ0v) is 19.1. The van der Waals surface area contributed by atoms with E-state index in [1.165, 1.54) is 0 Å². The molecule has 0 aliphatic rings. The second-order valence-electron chi connectivity index (χ2n) is 5.98. The van der Waals surface area contributed by atoms with Gasteiger partial charge in [0.2, 0.25) is 0 Å². The molecule has 0 aliphatic carbocycles. The molecule has 0 radical (unpaired) electrons. The fraction of sp³-hybridized carbons (Fsp3) is 0.381. The first-order chi connectivity index (χ1) is 13.2. The molecule has 7 heteroatoms. The standard InChI is InChI=1S/C21H29N3O3.HI/c1-17-9-10-18(20(15-17)27-19-7-5-4-6-8-19)16-24-21(22-2)23-11-12-26-14-13-25-3;/h4-10,15H,11-14,16H2,1-3H3,(H2,22,23,24);1H. The van der Waals surface area contributed by atoms with E-state index in [-0.39, 0.29) is 24.0 Å². The third kappa shape index (κ3) is 8.90. The molecule has 0 unspecified atom stereocenters. The number of guanidine groups is 1. The van der Waals surface area contributed by atoms with E-state index in [1.807, 2.05) is 36.4 Å². The summed E-state index contributed by atoms with van der Waals surface area (Å²) in [5.74, 6) is 2.38. The fourth-order valence-electron chi connectivity index (χ4n) is 2.40. The van der Waals surface area contributed by atoms with Crippen molar-refractivity contribution in [1.82, 2.24) is 10.6 Å². The average molecular weight is 499 g/mol. The lowest BCUT2D eigenvalue weighted by atomic mass is 10.1. The molecule has 2 rings (SSSR count). The maximum absolute atomic E-state index is 6.06. The molecule has 6 nitrogen and oxygen atoms in total. The number of nitrogens with zero attached hydrogens (tertiary/aromatic N) is 1. The van der Waals surface area contributed by atoms with E-state index in [9.17, 15) is 0 Å². The maximum atomic E-state index is 6.06. The van der Waals surface area contributed by atoms with Crippen molar-refractivity contribution in [2.75, 3.05) is 40.5 Å². The van der Waals surface area contributed by atoms with Crippen LogP contribution in [-0.4, -0.2) is 46.5 Å². The zero-order chi connectivity index (χ0) is 19.3. The van der Waals surface area contributed by atoms with Crippen LogP contribution in [0.15, 0.2) is 53.5 Å². The highest BCUT2D eigenvalue weighted by Crippen LogP contribution is 2.26. The third-order valence-electron chi connectivity index (χ3n) is 3.83. The molecule has 0 spiro atoms. The molecule has 28 heavy (non-hydrogen) atoms. The van der Waals surface area contributed by atoms with Gasteiger partial charge in [0.05, 0.1) is 19.8 Å². The van der Waals surface area contributed by atoms with Gasteiger partial charge in [0.25, 0.3) is 0 Å². The van der Waals surface area contributed by atoms with E-state index in [4.69, 9.17) is 14.2 Å². The summed E-state index contributed by atoms with van der Waals surface area (Å²) in [6.07, 6.45) is 0. The maximum Gasteiger partial charge on any atom is 0.191 e. The highest BCUT2D eigenvalue weighted by molar-refractivity contribution is 14.0. The predicted molar refractivity (Wildman–Crippen MR) is 124 cm³/mol. The number of rotatable bonds is 10. The molecule has 2 aromatic carbocycles. The lowest BCUT2D eigenvalue weighted by molar-refractivity contribution is 0.0733. The second-order valence-corrected chi connectivity index (χ2v) is 5.98. The molecule has 154 valence electrons. The first-order valence-electron chi connectivity index (χ1n) is 9.06. The highest BCUT2D eigenvalue weighted by Gasteiger charge is 2.07. The van der Waals surface area contributed by atoms with Crippen molar-refractivity contribution in [3.8, 4) is 11.5 Å². The van der Waals surface area contributed by atoms with E-state index >= 15 is 0 Å². The molecule has 0 amide bonds. The Balaban J connectivity index is 0.00000392. The van der Waals surface area contributed by atoms with Gasteiger partial charge in [-0.25, -0.2) is 0 Å². The Morgan fingerprint density at radius 3 is 2.50 bits per heavy atom. The Morgan fingerprint density at radius 2 is 1.79 bits per heavy atom. The summed E-state index contributed by atoms with van der Waals surface area (Å²) in [7, 11) is 3.41. The first-order valence-corrected chi connectivity index (χ1v) is 9.06. The van der Waals surface area contributed by atoms with Crippen LogP contribution in [0, 0.1) is 6.92 Å². The summed E-state index contributed by atoms with van der Waals surface area (Å²) in [5, 5.41) is 6.54. The molecular weight excluding hydrogens is 469 g/mol. The number of methoxy groups -OCH3 is 1. The molecule has 0 atom stereocenters. The number of hydrogen-bond acceptors (Lipinski definition) is 4. The normalized spacial score (nSPS) is 10.9. The summed E-state index contributed by atoms with van der Waals surface area (Å²) in [6, 6.07) is 16.0. The Hall–Kier alpha value is -1.84. The Bertz CT molecular complexity index is 711. The lowest BCUT2D eigenvalue weighted by Crippen LogP contribution is -2.38. The quantitative estimate of drug-likeness (QED) is 0.226. The molecule has 0 aliphatic heterocycles. The summed E-state index contributed by atoms with van der Waals surface area (Å²) in [5.41, 5.74) is 2.21. The molecule has 0 bridgehead atoms. The monoisotopic (exact) mass is 499 g/mol. The minimum absolute atomic E-state index is 0. The van der Waals surface area contributed by atoms with Crippen LogP contribution in [0.5, 0.6) is 11.5 Å². The molecule has 0 aromatic heterocycles. The van der Waals surface area contributed by atoms with Gasteiger partial charge in [0.1, 0.15) is 11.5 Å². The number of nitrogens with one attached hydrogen (secondary N) is 2. The Labute approximate surface area is 184 Å². The average Bonchev–Trinajstić information content (AvgIpc) is 2.69. The van der Waals surface area contributed by atoms with Gasteiger partial charge in [0, 0.05) is 32.8 Å². The van der Waals surface area contributed by atoms with Gasteiger partial charge in [-0.05, 0) is 30.7 Å². The van der Waals surface area contributed by atoms with Crippen LogP contribution in [0.4, 0.5) is 0 Å². The first kappa shape index (κ1) is 24.2. The van der Waals surface area contributed by atoms with Crippen LogP contribution in [0.2, 0.25) is 0 Å². The van der Waals surface area contributed by atoms with Crippen molar-refractivity contribution in [3.05, 3.63) is 59.7 Å². The number of aryl methyl sites for hydroxylation is 1. The summed E-state index contributed by atoms with van der Waals surface area (Å²) >= 11 is 0. The smallest absolute Gasteiger partial charge is 0.191 e. The van der Waals surface area contributed by atoms with Crippen molar-refractivity contribution < 1.29 is 14.2 Å². The fourth-order valence-corrected chi connectivity index (χ4v) is 2.40. The second kappa shape index (κ2) is 14.2. The van der Waals surface area contributed by atoms with Gasteiger partial charge >= 0.3 is 0 Å². The van der Waals surface area contributed by atoms with Crippen LogP contribution < -0.4 is 15.4 Å². The van der Waals surface area contributed by atoms with Crippen molar-refractivity contribution >= 4 is 29.9 Å². The largest absolute Gasteiger partial charge is 0.457 e. The van der Waals surface area contributed by atoms with Gasteiger partial charge < -0.3 is 24.8 Å². The van der Waals surface area contributed by atoms with Gasteiger partial charge in [-0.3, -0.25) is 4.99 Å². The number of aliphatic imine (C=N–C) groups is 1. The van der Waals surface area contributed by atoms with Crippen molar-refractivity contribution in [2.24, 2.45) is 4.99 Å². The number of halogens is 1. The van der Waals surface area contributed by atoms with E-state index < -0.39 is 0 Å². The molecule has 2 aromatic rings. The van der Waals surface area contributed by atoms with E-state index in [0.29, 0.717) is 32.9 Å². The van der Waals surface area contributed by atoms with Gasteiger partial charge in [-0.15, -0.1) is 24.0 Å². The van der Waals surface area contributed by atoms with Crippen LogP contribution in [0.3, 0.4) is 0 Å². The van der Waals surface area contributed by atoms with Crippen molar-refractivity contribution in [1.29, 1.82) is 0 Å². The molecule has 0 saturated heterocycles. The minimum Gasteiger partial charge on any atom is -0.457 e. The molecular formula is C21H30IN3O3. The molecule has 0 saturated carbocycles. The number of hydrogen-bond donors (Lipinski definition) is 2.